The second-order valence-corrected chi connectivity index (χ2v) is 13.5. The van der Waals surface area contributed by atoms with Crippen LogP contribution in [0.25, 0.3) is 0 Å². The molecule has 14 N–H and O–H groups in total. The van der Waals surface area contributed by atoms with Gasteiger partial charge in [-0.3, -0.25) is 33.6 Å². The second kappa shape index (κ2) is 24.2. The van der Waals surface area contributed by atoms with E-state index in [1.54, 1.807) is 30.3 Å². The molecule has 0 bridgehead atoms. The van der Waals surface area contributed by atoms with Gasteiger partial charge < -0.3 is 59.3 Å². The summed E-state index contributed by atoms with van der Waals surface area (Å²) in [7, 11) is 0. The zero-order valence-electron chi connectivity index (χ0n) is 31.3. The van der Waals surface area contributed by atoms with Crippen molar-refractivity contribution in [3.05, 3.63) is 35.9 Å². The van der Waals surface area contributed by atoms with E-state index in [2.05, 4.69) is 31.9 Å². The van der Waals surface area contributed by atoms with Gasteiger partial charge in [-0.2, -0.15) is 0 Å². The van der Waals surface area contributed by atoms with Gasteiger partial charge in [-0.1, -0.05) is 44.2 Å². The average Bonchev–Trinajstić information content (AvgIpc) is 3.10. The average molecular weight is 764 g/mol. The lowest BCUT2D eigenvalue weighted by Crippen LogP contribution is -2.59. The van der Waals surface area contributed by atoms with Crippen LogP contribution in [-0.4, -0.2) is 113 Å². The van der Waals surface area contributed by atoms with Crippen LogP contribution in [0.5, 0.6) is 0 Å². The van der Waals surface area contributed by atoms with Gasteiger partial charge in [0.05, 0.1) is 12.6 Å². The molecule has 0 aliphatic carbocycles. The van der Waals surface area contributed by atoms with Crippen LogP contribution in [0.2, 0.25) is 0 Å². The molecule has 0 aliphatic rings. The largest absolute Gasteiger partial charge is 0.480 e. The molecule has 302 valence electrons. The molecule has 0 spiro atoms. The van der Waals surface area contributed by atoms with E-state index in [0.717, 1.165) is 0 Å². The second-order valence-electron chi connectivity index (χ2n) is 13.5. The molecule has 7 atom stereocenters. The van der Waals surface area contributed by atoms with Crippen molar-refractivity contribution in [2.24, 2.45) is 23.1 Å². The highest BCUT2D eigenvalue weighted by atomic mass is 16.4. The van der Waals surface area contributed by atoms with E-state index in [1.807, 2.05) is 13.8 Å². The molecule has 19 heteroatoms. The molecule has 0 aromatic heterocycles. The Morgan fingerprint density at radius 3 is 1.83 bits per heavy atom. The highest BCUT2D eigenvalue weighted by Gasteiger charge is 2.32. The fourth-order valence-electron chi connectivity index (χ4n) is 5.04. The van der Waals surface area contributed by atoms with E-state index >= 15 is 0 Å². The smallest absolute Gasteiger partial charge is 0.326 e. The van der Waals surface area contributed by atoms with Crippen molar-refractivity contribution in [2.45, 2.75) is 115 Å². The molecule has 19 nitrogen and oxygen atoms in total. The van der Waals surface area contributed by atoms with Crippen molar-refractivity contribution in [2.75, 3.05) is 13.1 Å². The van der Waals surface area contributed by atoms with Crippen LogP contribution < -0.4 is 49.1 Å². The first-order valence-electron chi connectivity index (χ1n) is 17.8. The van der Waals surface area contributed by atoms with Crippen LogP contribution in [0.3, 0.4) is 0 Å². The number of nitrogens with two attached hydrogens (primary N) is 3. The molecular formula is C35H57N9O10. The number of rotatable bonds is 25. The highest BCUT2D eigenvalue weighted by molar-refractivity contribution is 5.96. The minimum atomic E-state index is -1.41. The van der Waals surface area contributed by atoms with Crippen molar-refractivity contribution in [3.63, 3.8) is 0 Å². The molecule has 1 aromatic carbocycles. The number of carbonyl (C=O) groups is 8. The molecule has 7 amide bonds. The van der Waals surface area contributed by atoms with Gasteiger partial charge in [0.15, 0.2) is 0 Å². The van der Waals surface area contributed by atoms with Crippen LogP contribution in [0, 0.1) is 5.92 Å². The Morgan fingerprint density at radius 1 is 0.704 bits per heavy atom. The topological polar surface area (TPSA) is 327 Å². The van der Waals surface area contributed by atoms with E-state index < -0.39 is 96.2 Å². The number of carboxylic acids is 1. The van der Waals surface area contributed by atoms with Crippen LogP contribution in [0.1, 0.15) is 71.8 Å². The van der Waals surface area contributed by atoms with Crippen LogP contribution in [0.15, 0.2) is 30.3 Å². The van der Waals surface area contributed by atoms with Crippen molar-refractivity contribution >= 4 is 47.3 Å². The summed E-state index contributed by atoms with van der Waals surface area (Å²) in [5, 5.41) is 34.0. The number of primary amides is 1. The Labute approximate surface area is 314 Å². The van der Waals surface area contributed by atoms with E-state index in [9.17, 15) is 48.6 Å². The third kappa shape index (κ3) is 18.1. The number of carboxylic acid groups (broad SMARTS) is 1. The molecule has 54 heavy (non-hydrogen) atoms. The van der Waals surface area contributed by atoms with Gasteiger partial charge in [-0.25, -0.2) is 4.79 Å². The minimum Gasteiger partial charge on any atom is -0.480 e. The predicted octanol–water partition coefficient (Wildman–Crippen LogP) is -2.98. The number of nitrogens with one attached hydrogen (secondary N) is 6. The van der Waals surface area contributed by atoms with Gasteiger partial charge in [0.25, 0.3) is 0 Å². The lowest BCUT2D eigenvalue weighted by molar-refractivity contribution is -0.142. The number of aliphatic hydroxyl groups is 1. The standard InChI is InChI=1S/C35H57N9O10/c1-19(2)16-25(43-33(51)26(17-22-10-6-5-7-11-22)44-34(52)29(38)21(4)45)32(50)42-23(12-8-9-15-36)31(49)40-20(3)30(48)39-18-28(47)41-24(35(53)54)13-14-27(37)46/h5-7,10-11,19-21,23-26,29,45H,8-9,12-18,36,38H2,1-4H3,(H2,37,46)(H,39,48)(H,40,49)(H,41,47)(H,42,50)(H,43,51)(H,44,52)(H,53,54)/t20-,21+,23-,24-,25-,26-,29-/m0/s1. The number of aliphatic hydroxyl groups excluding tert-OH is 1. The number of amides is 7. The fraction of sp³-hybridized carbons (Fsp3) is 0.600. The lowest BCUT2D eigenvalue weighted by Gasteiger charge is -2.27. The minimum absolute atomic E-state index is 0.0438. The molecule has 0 unspecified atom stereocenters. The molecule has 0 fully saturated rings. The maximum atomic E-state index is 13.7. The number of aliphatic carboxylic acids is 1. The van der Waals surface area contributed by atoms with E-state index in [4.69, 9.17) is 17.2 Å². The highest BCUT2D eigenvalue weighted by Crippen LogP contribution is 2.10. The SMILES string of the molecule is CC(C)C[C@H](NC(=O)[C@H](Cc1ccccc1)NC(=O)[C@@H](N)[C@@H](C)O)C(=O)N[C@@H](CCCCN)C(=O)N[C@@H](C)C(=O)NCC(=O)N[C@@H](CCC(N)=O)C(=O)O. The third-order valence-corrected chi connectivity index (χ3v) is 8.15. The van der Waals surface area contributed by atoms with E-state index in [1.165, 1.54) is 13.8 Å². The van der Waals surface area contributed by atoms with E-state index in [-0.39, 0.29) is 38.0 Å². The molecule has 1 aromatic rings. The monoisotopic (exact) mass is 763 g/mol. The summed E-state index contributed by atoms with van der Waals surface area (Å²) in [6, 6.07) is 1.37. The number of hydrogen-bond donors (Lipinski definition) is 11. The van der Waals surface area contributed by atoms with Crippen molar-refractivity contribution in [1.29, 1.82) is 0 Å². The first-order chi connectivity index (χ1) is 25.4. The van der Waals surface area contributed by atoms with Crippen LogP contribution in [0.4, 0.5) is 0 Å². The summed E-state index contributed by atoms with van der Waals surface area (Å²) in [4.78, 5) is 101. The molecule has 0 radical (unpaired) electrons. The Hall–Kier alpha value is -5.14. The maximum Gasteiger partial charge on any atom is 0.326 e. The number of carbonyl (C=O) groups excluding carboxylic acids is 7. The Bertz CT molecular complexity index is 1430. The first-order valence-corrected chi connectivity index (χ1v) is 17.8. The van der Waals surface area contributed by atoms with Gasteiger partial charge >= 0.3 is 5.97 Å². The van der Waals surface area contributed by atoms with Gasteiger partial charge in [0.1, 0.15) is 36.3 Å². The van der Waals surface area contributed by atoms with Gasteiger partial charge in [-0.05, 0) is 64.0 Å². The summed E-state index contributed by atoms with van der Waals surface area (Å²) >= 11 is 0. The van der Waals surface area contributed by atoms with Crippen molar-refractivity contribution in [1.82, 2.24) is 31.9 Å². The summed E-state index contributed by atoms with van der Waals surface area (Å²) in [6.07, 6.45) is -0.471. The predicted molar refractivity (Wildman–Crippen MR) is 197 cm³/mol. The lowest BCUT2D eigenvalue weighted by atomic mass is 10.00. The molecule has 0 aliphatic heterocycles. The molecular weight excluding hydrogens is 706 g/mol. The van der Waals surface area contributed by atoms with Crippen LogP contribution >= 0.6 is 0 Å². The maximum absolute atomic E-state index is 13.7. The summed E-state index contributed by atoms with van der Waals surface area (Å²) in [6.45, 7) is 6.00. The zero-order valence-corrected chi connectivity index (χ0v) is 31.3. The molecule has 0 saturated heterocycles. The third-order valence-electron chi connectivity index (χ3n) is 8.15. The molecule has 0 heterocycles. The first kappa shape index (κ1) is 46.9. The van der Waals surface area contributed by atoms with Gasteiger partial charge in [0.2, 0.25) is 41.4 Å². The Kier molecular flexibility index (Phi) is 21.0. The summed E-state index contributed by atoms with van der Waals surface area (Å²) in [5.41, 5.74) is 17.2. The number of unbranched alkanes of at least 4 members (excludes halogenated alkanes) is 1. The fourth-order valence-corrected chi connectivity index (χ4v) is 5.04. The van der Waals surface area contributed by atoms with Crippen molar-refractivity contribution in [3.8, 4) is 0 Å². The van der Waals surface area contributed by atoms with Gasteiger partial charge in [0, 0.05) is 12.8 Å². The summed E-state index contributed by atoms with van der Waals surface area (Å²) < 4.78 is 0. The Balaban J connectivity index is 3.08. The quantitative estimate of drug-likeness (QED) is 0.0445. The number of benzene rings is 1. The van der Waals surface area contributed by atoms with Crippen LogP contribution in [-0.2, 0) is 44.8 Å². The number of hydrogen-bond acceptors (Lipinski definition) is 11. The zero-order chi connectivity index (χ0) is 41.0. The molecule has 1 rings (SSSR count). The van der Waals surface area contributed by atoms with Gasteiger partial charge in [-0.15, -0.1) is 0 Å². The normalized spacial score (nSPS) is 14.9. The Morgan fingerprint density at radius 2 is 1.28 bits per heavy atom. The van der Waals surface area contributed by atoms with E-state index in [0.29, 0.717) is 24.9 Å². The summed E-state index contributed by atoms with van der Waals surface area (Å²) in [5.74, 6) is -6.81. The van der Waals surface area contributed by atoms with Crippen molar-refractivity contribution < 1.29 is 48.6 Å². The molecule has 0 saturated carbocycles.